The number of pyridine rings is 1. The lowest BCUT2D eigenvalue weighted by molar-refractivity contribution is -0.142. The number of hydrogen-bond acceptors (Lipinski definition) is 5. The monoisotopic (exact) mass is 260 g/mol. The van der Waals surface area contributed by atoms with Crippen LogP contribution in [-0.4, -0.2) is 24.7 Å². The molecule has 5 nitrogen and oxygen atoms in total. The summed E-state index contributed by atoms with van der Waals surface area (Å²) in [6.07, 6.45) is -3.03. The van der Waals surface area contributed by atoms with Crippen molar-refractivity contribution in [1.29, 1.82) is 0 Å². The van der Waals surface area contributed by atoms with Crippen molar-refractivity contribution in [2.45, 2.75) is 19.8 Å². The second kappa shape index (κ2) is 6.13. The molecule has 0 aliphatic rings. The average Bonchev–Trinajstić information content (AvgIpc) is 2.28. The Bertz CT molecular complexity index is 439. The molecule has 0 amide bonds. The SMILES string of the molecule is CCOC(=O)Cc1nc(C(F)F)cc(N)c1OC. The van der Waals surface area contributed by atoms with Crippen molar-refractivity contribution in [2.24, 2.45) is 0 Å². The first kappa shape index (κ1) is 14.1. The maximum Gasteiger partial charge on any atom is 0.312 e. The molecule has 18 heavy (non-hydrogen) atoms. The van der Waals surface area contributed by atoms with Crippen LogP contribution >= 0.6 is 0 Å². The fourth-order valence-electron chi connectivity index (χ4n) is 1.45. The van der Waals surface area contributed by atoms with E-state index in [4.69, 9.17) is 15.2 Å². The molecular weight excluding hydrogens is 246 g/mol. The number of halogens is 2. The lowest BCUT2D eigenvalue weighted by Crippen LogP contribution is -2.12. The Morgan fingerprint density at radius 1 is 1.56 bits per heavy atom. The van der Waals surface area contributed by atoms with Crippen LogP contribution in [0, 0.1) is 0 Å². The molecule has 2 N–H and O–H groups in total. The molecule has 0 unspecified atom stereocenters. The number of aromatic nitrogens is 1. The van der Waals surface area contributed by atoms with Crippen molar-refractivity contribution >= 4 is 11.7 Å². The predicted octanol–water partition coefficient (Wildman–Crippen LogP) is 1.72. The van der Waals surface area contributed by atoms with Crippen molar-refractivity contribution in [3.63, 3.8) is 0 Å². The molecule has 1 rings (SSSR count). The third-order valence-corrected chi connectivity index (χ3v) is 2.14. The van der Waals surface area contributed by atoms with Gasteiger partial charge in [-0.25, -0.2) is 13.8 Å². The van der Waals surface area contributed by atoms with Gasteiger partial charge in [0.05, 0.1) is 31.5 Å². The molecule has 0 aromatic carbocycles. The summed E-state index contributed by atoms with van der Waals surface area (Å²) in [5.74, 6) is -0.457. The van der Waals surface area contributed by atoms with Gasteiger partial charge >= 0.3 is 5.97 Å². The minimum atomic E-state index is -2.76. The van der Waals surface area contributed by atoms with E-state index >= 15 is 0 Å². The van der Waals surface area contributed by atoms with Crippen molar-refractivity contribution in [2.75, 3.05) is 19.5 Å². The van der Waals surface area contributed by atoms with Crippen LogP contribution in [0.15, 0.2) is 6.07 Å². The Hall–Kier alpha value is -1.92. The van der Waals surface area contributed by atoms with E-state index in [1.165, 1.54) is 7.11 Å². The van der Waals surface area contributed by atoms with Gasteiger partial charge in [-0.3, -0.25) is 4.79 Å². The number of carbonyl (C=O) groups excluding carboxylic acids is 1. The molecule has 0 spiro atoms. The standard InChI is InChI=1S/C11H14F2N2O3/c1-3-18-9(16)5-7-10(17-2)6(14)4-8(15-7)11(12)13/h4,11H,3,5H2,1-2H3,(H2,14,15). The zero-order valence-electron chi connectivity index (χ0n) is 10.1. The molecule has 0 aliphatic carbocycles. The number of rotatable bonds is 5. The first-order valence-corrected chi connectivity index (χ1v) is 5.26. The number of nitrogens with zero attached hydrogens (tertiary/aromatic N) is 1. The quantitative estimate of drug-likeness (QED) is 0.816. The van der Waals surface area contributed by atoms with E-state index in [-0.39, 0.29) is 30.2 Å². The lowest BCUT2D eigenvalue weighted by atomic mass is 10.2. The van der Waals surface area contributed by atoms with Crippen LogP contribution in [0.3, 0.4) is 0 Å². The summed E-state index contributed by atoms with van der Waals surface area (Å²) < 4.78 is 34.8. The Morgan fingerprint density at radius 3 is 2.72 bits per heavy atom. The van der Waals surface area contributed by atoms with Gasteiger partial charge in [0.2, 0.25) is 0 Å². The number of esters is 1. The molecule has 0 bridgehead atoms. The van der Waals surface area contributed by atoms with Gasteiger partial charge in [0.1, 0.15) is 5.69 Å². The Balaban J connectivity index is 3.10. The third kappa shape index (κ3) is 3.28. The largest absolute Gasteiger partial charge is 0.493 e. The van der Waals surface area contributed by atoms with Gasteiger partial charge in [-0.2, -0.15) is 0 Å². The van der Waals surface area contributed by atoms with Gasteiger partial charge in [-0.05, 0) is 13.0 Å². The number of nitrogens with two attached hydrogens (primary N) is 1. The number of alkyl halides is 2. The third-order valence-electron chi connectivity index (χ3n) is 2.14. The topological polar surface area (TPSA) is 74.4 Å². The zero-order chi connectivity index (χ0) is 13.7. The smallest absolute Gasteiger partial charge is 0.312 e. The van der Waals surface area contributed by atoms with Crippen LogP contribution in [-0.2, 0) is 16.0 Å². The van der Waals surface area contributed by atoms with Gasteiger partial charge in [0.15, 0.2) is 5.75 Å². The van der Waals surface area contributed by atoms with Crippen molar-refractivity contribution in [3.05, 3.63) is 17.5 Å². The summed E-state index contributed by atoms with van der Waals surface area (Å²) in [6, 6.07) is 1.03. The predicted molar refractivity (Wildman–Crippen MR) is 60.5 cm³/mol. The highest BCUT2D eigenvalue weighted by Gasteiger charge is 2.19. The number of carbonyl (C=O) groups is 1. The summed E-state index contributed by atoms with van der Waals surface area (Å²) in [4.78, 5) is 15.0. The fourth-order valence-corrected chi connectivity index (χ4v) is 1.45. The fraction of sp³-hybridized carbons (Fsp3) is 0.455. The van der Waals surface area contributed by atoms with Crippen LogP contribution in [0.1, 0.15) is 24.7 Å². The second-order valence-corrected chi connectivity index (χ2v) is 3.40. The molecule has 1 aromatic rings. The second-order valence-electron chi connectivity index (χ2n) is 3.40. The number of methoxy groups -OCH3 is 1. The highest BCUT2D eigenvalue weighted by atomic mass is 19.3. The molecule has 7 heteroatoms. The first-order valence-electron chi connectivity index (χ1n) is 5.26. The van der Waals surface area contributed by atoms with E-state index in [2.05, 4.69) is 4.98 Å². The number of hydrogen-bond donors (Lipinski definition) is 1. The summed E-state index contributed by atoms with van der Waals surface area (Å²) in [5, 5.41) is 0. The molecule has 1 heterocycles. The molecule has 0 fully saturated rings. The molecule has 0 saturated carbocycles. The van der Waals surface area contributed by atoms with E-state index in [1.54, 1.807) is 6.92 Å². The molecule has 1 aromatic heterocycles. The van der Waals surface area contributed by atoms with Gasteiger partial charge < -0.3 is 15.2 Å². The van der Waals surface area contributed by atoms with E-state index in [1.807, 2.05) is 0 Å². The summed E-state index contributed by atoms with van der Waals surface area (Å²) in [5.41, 5.74) is 5.14. The highest BCUT2D eigenvalue weighted by Crippen LogP contribution is 2.29. The Morgan fingerprint density at radius 2 is 2.22 bits per heavy atom. The molecule has 0 radical (unpaired) electrons. The summed E-state index contributed by atoms with van der Waals surface area (Å²) in [7, 11) is 1.32. The Labute approximate surface area is 103 Å². The summed E-state index contributed by atoms with van der Waals surface area (Å²) >= 11 is 0. The molecular formula is C11H14F2N2O3. The highest BCUT2D eigenvalue weighted by molar-refractivity contribution is 5.74. The average molecular weight is 260 g/mol. The van der Waals surface area contributed by atoms with Crippen LogP contribution in [0.25, 0.3) is 0 Å². The number of nitrogen functional groups attached to an aromatic ring is 1. The first-order chi connectivity index (χ1) is 8.49. The molecule has 0 saturated heterocycles. The van der Waals surface area contributed by atoms with Crippen LogP contribution in [0.5, 0.6) is 5.75 Å². The van der Waals surface area contributed by atoms with Gasteiger partial charge in [0, 0.05) is 0 Å². The zero-order valence-corrected chi connectivity index (χ0v) is 10.1. The lowest BCUT2D eigenvalue weighted by Gasteiger charge is -2.12. The normalized spacial score (nSPS) is 10.5. The van der Waals surface area contributed by atoms with Crippen molar-refractivity contribution < 1.29 is 23.0 Å². The van der Waals surface area contributed by atoms with Crippen LogP contribution in [0.4, 0.5) is 14.5 Å². The van der Waals surface area contributed by atoms with Crippen molar-refractivity contribution in [1.82, 2.24) is 4.98 Å². The van der Waals surface area contributed by atoms with E-state index in [0.29, 0.717) is 0 Å². The number of anilines is 1. The maximum atomic E-state index is 12.6. The van der Waals surface area contributed by atoms with Crippen molar-refractivity contribution in [3.8, 4) is 5.75 Å². The van der Waals surface area contributed by atoms with Gasteiger partial charge in [0.25, 0.3) is 6.43 Å². The number of ether oxygens (including phenoxy) is 2. The van der Waals surface area contributed by atoms with Gasteiger partial charge in [-0.1, -0.05) is 0 Å². The minimum Gasteiger partial charge on any atom is -0.493 e. The minimum absolute atomic E-state index is 0.0158. The summed E-state index contributed by atoms with van der Waals surface area (Å²) in [6.45, 7) is 1.84. The van der Waals surface area contributed by atoms with E-state index < -0.39 is 18.1 Å². The van der Waals surface area contributed by atoms with Crippen LogP contribution < -0.4 is 10.5 Å². The molecule has 0 atom stereocenters. The van der Waals surface area contributed by atoms with E-state index in [9.17, 15) is 13.6 Å². The Kier molecular flexibility index (Phi) is 4.82. The maximum absolute atomic E-state index is 12.6. The van der Waals surface area contributed by atoms with Crippen LogP contribution in [0.2, 0.25) is 0 Å². The molecule has 0 aliphatic heterocycles. The van der Waals surface area contributed by atoms with E-state index in [0.717, 1.165) is 6.07 Å². The molecule has 100 valence electrons. The van der Waals surface area contributed by atoms with Gasteiger partial charge in [-0.15, -0.1) is 0 Å².